The van der Waals surface area contributed by atoms with Crippen LogP contribution in [0.4, 0.5) is 5.69 Å². The van der Waals surface area contributed by atoms with E-state index in [1.165, 1.54) is 0 Å². The van der Waals surface area contributed by atoms with Gasteiger partial charge in [0.1, 0.15) is 6.61 Å². The molecule has 1 fully saturated rings. The van der Waals surface area contributed by atoms with Crippen molar-refractivity contribution >= 4 is 11.7 Å². The van der Waals surface area contributed by atoms with E-state index in [-0.39, 0.29) is 24.7 Å². The van der Waals surface area contributed by atoms with E-state index in [1.54, 1.807) is 21.3 Å². The number of esters is 1. The molecule has 3 atom stereocenters. The fourth-order valence-corrected chi connectivity index (χ4v) is 5.63. The molecule has 186 valence electrons. The number of hydrogen-bond donors (Lipinski definition) is 0. The highest BCUT2D eigenvalue weighted by molar-refractivity contribution is 5.83. The zero-order valence-corrected chi connectivity index (χ0v) is 20.4. The van der Waals surface area contributed by atoms with Crippen LogP contribution in [0.15, 0.2) is 54.6 Å². The third-order valence-corrected chi connectivity index (χ3v) is 7.25. The Hall–Kier alpha value is -4.07. The lowest BCUT2D eigenvalue weighted by atomic mass is 9.73. The molecule has 0 unspecified atom stereocenters. The molecule has 0 aromatic heterocycles. The predicted octanol–water partition coefficient (Wildman–Crippen LogP) is 4.13. The van der Waals surface area contributed by atoms with E-state index in [0.29, 0.717) is 41.9 Å². The van der Waals surface area contributed by atoms with Crippen molar-refractivity contribution in [3.05, 3.63) is 71.3 Å². The van der Waals surface area contributed by atoms with Crippen molar-refractivity contribution in [2.45, 2.75) is 18.5 Å². The van der Waals surface area contributed by atoms with Gasteiger partial charge in [0.05, 0.1) is 33.3 Å². The highest BCUT2D eigenvalue weighted by Crippen LogP contribution is 2.54. The van der Waals surface area contributed by atoms with Gasteiger partial charge in [0.15, 0.2) is 23.0 Å². The Bertz CT molecular complexity index is 1280. The molecule has 3 heterocycles. The first kappa shape index (κ1) is 22.4. The second-order valence-electron chi connectivity index (χ2n) is 9.04. The zero-order chi connectivity index (χ0) is 24.8. The van der Waals surface area contributed by atoms with Crippen LogP contribution >= 0.6 is 0 Å². The van der Waals surface area contributed by atoms with E-state index in [9.17, 15) is 4.79 Å². The van der Waals surface area contributed by atoms with E-state index in [0.717, 1.165) is 22.4 Å². The lowest BCUT2D eigenvalue weighted by Crippen LogP contribution is -2.47. The lowest BCUT2D eigenvalue weighted by molar-refractivity contribution is -0.141. The van der Waals surface area contributed by atoms with Gasteiger partial charge in [-0.2, -0.15) is 0 Å². The maximum absolute atomic E-state index is 13.3. The van der Waals surface area contributed by atoms with E-state index in [2.05, 4.69) is 17.0 Å². The molecule has 3 aliphatic heterocycles. The molecular weight excluding hydrogens is 462 g/mol. The van der Waals surface area contributed by atoms with Gasteiger partial charge in [-0.3, -0.25) is 4.79 Å². The molecule has 0 radical (unpaired) electrons. The highest BCUT2D eigenvalue weighted by Gasteiger charge is 2.51. The van der Waals surface area contributed by atoms with Crippen LogP contribution in [0.1, 0.15) is 22.6 Å². The van der Waals surface area contributed by atoms with E-state index >= 15 is 0 Å². The smallest absolute Gasteiger partial charge is 0.312 e. The number of fused-ring (bicyclic) bond motifs is 3. The van der Waals surface area contributed by atoms with Gasteiger partial charge >= 0.3 is 5.97 Å². The van der Waals surface area contributed by atoms with Gasteiger partial charge < -0.3 is 33.3 Å². The number of nitrogens with zero attached hydrogens (tertiary/aromatic N) is 1. The number of hydrogen-bond acceptors (Lipinski definition) is 8. The van der Waals surface area contributed by atoms with Crippen LogP contribution in [0.3, 0.4) is 0 Å². The summed E-state index contributed by atoms with van der Waals surface area (Å²) in [4.78, 5) is 15.5. The minimum absolute atomic E-state index is 0.158. The summed E-state index contributed by atoms with van der Waals surface area (Å²) in [5.74, 6) is 1.96. The van der Waals surface area contributed by atoms with E-state index in [4.69, 9.17) is 28.4 Å². The van der Waals surface area contributed by atoms with Crippen LogP contribution in [0.2, 0.25) is 0 Å². The number of cyclic esters (lactones) is 1. The largest absolute Gasteiger partial charge is 0.493 e. The Morgan fingerprint density at radius 1 is 0.889 bits per heavy atom. The fourth-order valence-electron chi connectivity index (χ4n) is 5.63. The first-order valence-electron chi connectivity index (χ1n) is 11.8. The number of methoxy groups -OCH3 is 3. The Balaban J connectivity index is 1.56. The molecule has 0 spiro atoms. The van der Waals surface area contributed by atoms with Gasteiger partial charge in [-0.05, 0) is 34.9 Å². The molecule has 0 saturated carbocycles. The van der Waals surface area contributed by atoms with Gasteiger partial charge in [-0.15, -0.1) is 0 Å². The van der Waals surface area contributed by atoms with Gasteiger partial charge in [0.2, 0.25) is 12.5 Å². The maximum Gasteiger partial charge on any atom is 0.312 e. The molecular formula is C28H27NO7. The summed E-state index contributed by atoms with van der Waals surface area (Å²) < 4.78 is 34.0. The van der Waals surface area contributed by atoms with Crippen molar-refractivity contribution < 1.29 is 33.2 Å². The zero-order valence-electron chi connectivity index (χ0n) is 20.4. The molecule has 1 saturated heterocycles. The number of benzene rings is 3. The number of ether oxygens (including phenoxy) is 6. The number of carbonyl (C=O) groups excluding carboxylic acids is 1. The normalized spacial score (nSPS) is 21.5. The maximum atomic E-state index is 13.3. The molecule has 0 aliphatic carbocycles. The number of anilines is 1. The molecule has 0 N–H and O–H groups in total. The van der Waals surface area contributed by atoms with Gasteiger partial charge in [0.25, 0.3) is 0 Å². The van der Waals surface area contributed by atoms with Crippen molar-refractivity contribution in [3.8, 4) is 28.7 Å². The first-order chi connectivity index (χ1) is 17.6. The van der Waals surface area contributed by atoms with E-state index in [1.807, 2.05) is 42.5 Å². The minimum atomic E-state index is -0.426. The summed E-state index contributed by atoms with van der Waals surface area (Å²) >= 11 is 0. The Kier molecular flexibility index (Phi) is 5.51. The molecule has 36 heavy (non-hydrogen) atoms. The van der Waals surface area contributed by atoms with Crippen LogP contribution in [-0.2, 0) is 16.1 Å². The molecule has 3 aliphatic rings. The summed E-state index contributed by atoms with van der Waals surface area (Å²) in [7, 11) is 4.74. The van der Waals surface area contributed by atoms with Gasteiger partial charge in [0, 0.05) is 24.2 Å². The van der Waals surface area contributed by atoms with Crippen molar-refractivity contribution in [1.82, 2.24) is 0 Å². The number of rotatable bonds is 6. The van der Waals surface area contributed by atoms with Crippen LogP contribution in [0.5, 0.6) is 28.7 Å². The summed E-state index contributed by atoms with van der Waals surface area (Å²) in [6.07, 6.45) is 0. The second-order valence-corrected chi connectivity index (χ2v) is 9.04. The molecule has 8 heteroatoms. The molecule has 0 bridgehead atoms. The van der Waals surface area contributed by atoms with Crippen LogP contribution in [0.25, 0.3) is 0 Å². The Morgan fingerprint density at radius 3 is 2.25 bits per heavy atom. The Morgan fingerprint density at radius 2 is 1.58 bits per heavy atom. The third-order valence-electron chi connectivity index (χ3n) is 7.25. The molecule has 8 nitrogen and oxygen atoms in total. The van der Waals surface area contributed by atoms with Gasteiger partial charge in [-0.1, -0.05) is 30.3 Å². The summed E-state index contributed by atoms with van der Waals surface area (Å²) in [6.45, 7) is 1.11. The molecule has 3 aromatic rings. The van der Waals surface area contributed by atoms with Gasteiger partial charge in [-0.25, -0.2) is 0 Å². The summed E-state index contributed by atoms with van der Waals surface area (Å²) in [5.41, 5.74) is 3.97. The molecule has 6 rings (SSSR count). The topological polar surface area (TPSA) is 75.7 Å². The third kappa shape index (κ3) is 3.47. The fraction of sp³-hybridized carbons (Fsp3) is 0.321. The van der Waals surface area contributed by atoms with Crippen molar-refractivity contribution in [1.29, 1.82) is 0 Å². The van der Waals surface area contributed by atoms with Crippen molar-refractivity contribution in [2.24, 2.45) is 5.92 Å². The highest BCUT2D eigenvalue weighted by atomic mass is 16.7. The minimum Gasteiger partial charge on any atom is -0.493 e. The summed E-state index contributed by atoms with van der Waals surface area (Å²) in [6, 6.07) is 17.9. The Labute approximate surface area is 209 Å². The monoisotopic (exact) mass is 489 g/mol. The average Bonchev–Trinajstić information content (AvgIpc) is 3.53. The quantitative estimate of drug-likeness (QED) is 0.479. The molecule has 3 aromatic carbocycles. The van der Waals surface area contributed by atoms with Crippen molar-refractivity contribution in [2.75, 3.05) is 39.6 Å². The van der Waals surface area contributed by atoms with Crippen LogP contribution in [-0.4, -0.2) is 46.7 Å². The van der Waals surface area contributed by atoms with Crippen molar-refractivity contribution in [3.63, 3.8) is 0 Å². The second kappa shape index (κ2) is 8.86. The van der Waals surface area contributed by atoms with Crippen LogP contribution < -0.4 is 28.6 Å². The van der Waals surface area contributed by atoms with E-state index < -0.39 is 5.92 Å². The lowest BCUT2D eigenvalue weighted by Gasteiger charge is -2.43. The predicted molar refractivity (Wildman–Crippen MR) is 131 cm³/mol. The molecule has 0 amide bonds. The average molecular weight is 490 g/mol. The SMILES string of the molecule is COc1cc([C@@H]2c3cc4c(cc3N(Cc3ccccc3)[C@H]3COC(=O)[C@H]23)OCO4)cc(OC)c1OC. The first-order valence-corrected chi connectivity index (χ1v) is 11.8. The van der Waals surface area contributed by atoms with Crippen LogP contribution in [0, 0.1) is 5.92 Å². The number of carbonyl (C=O) groups is 1. The summed E-state index contributed by atoms with van der Waals surface area (Å²) in [5, 5.41) is 0. The standard InChI is InChI=1S/C28H27NO7/c1-31-23-9-17(10-24(32-2)27(23)33-3)25-18-11-21-22(36-15-35-21)12-19(18)29(13-16-7-5-4-6-8-16)20-14-34-28(30)26(20)25/h4-12,20,25-26H,13-15H2,1-3H3/t20-,25+,26-/m0/s1.